The summed E-state index contributed by atoms with van der Waals surface area (Å²) in [5.41, 5.74) is 0.245. The van der Waals surface area contributed by atoms with Crippen LogP contribution in [0.2, 0.25) is 0 Å². The van der Waals surface area contributed by atoms with Crippen molar-refractivity contribution in [2.24, 2.45) is 0 Å². The molecule has 1 rings (SSSR count). The molecule has 7 heteroatoms. The van der Waals surface area contributed by atoms with Crippen LogP contribution in [0.1, 0.15) is 10.4 Å². The van der Waals surface area contributed by atoms with E-state index in [9.17, 15) is 13.2 Å². The predicted octanol–water partition coefficient (Wildman–Crippen LogP) is 0.0792. The van der Waals surface area contributed by atoms with Gasteiger partial charge < -0.3 is 5.11 Å². The Labute approximate surface area is 87.8 Å². The molecule has 81 valence electrons. The van der Waals surface area contributed by atoms with Crippen molar-refractivity contribution >= 4 is 22.6 Å². The molecule has 1 aromatic rings. The summed E-state index contributed by atoms with van der Waals surface area (Å²) in [4.78, 5) is 10.6. The quantitative estimate of drug-likeness (QED) is 0.563. The Hall–Kier alpha value is -1.60. The Bertz CT molecular complexity index is 434. The zero-order valence-electron chi connectivity index (χ0n) is 7.71. The lowest BCUT2D eigenvalue weighted by Gasteiger charge is -2.13. The van der Waals surface area contributed by atoms with E-state index in [1.807, 2.05) is 0 Å². The second-order valence-corrected chi connectivity index (χ2v) is 3.18. The number of carboxylic acids is 1. The highest BCUT2D eigenvalue weighted by atomic mass is 32.2. The van der Waals surface area contributed by atoms with E-state index < -0.39 is 17.0 Å². The minimum atomic E-state index is -3.02. The zero-order chi connectivity index (χ0) is 11.4. The fourth-order valence-corrected chi connectivity index (χ4v) is 1.22. The lowest BCUT2D eigenvalue weighted by molar-refractivity contribution is 0.0696. The Morgan fingerprint density at radius 2 is 2.27 bits per heavy atom. The number of thiol groups is 1. The highest BCUT2D eigenvalue weighted by molar-refractivity contribution is 7.67. The summed E-state index contributed by atoms with van der Waals surface area (Å²) < 4.78 is 24.9. The first kappa shape index (κ1) is 11.5. The van der Waals surface area contributed by atoms with Crippen molar-refractivity contribution in [3.63, 3.8) is 0 Å². The minimum absolute atomic E-state index is 0.0657. The molecule has 6 nitrogen and oxygen atoms in total. The third-order valence-corrected chi connectivity index (χ3v) is 1.95. The van der Waals surface area contributed by atoms with Gasteiger partial charge in [-0.1, -0.05) is 6.07 Å². The lowest BCUT2D eigenvalue weighted by Crippen LogP contribution is -2.17. The molecule has 0 atom stereocenters. The summed E-state index contributed by atoms with van der Waals surface area (Å²) in [6.45, 7) is 0. The highest BCUT2D eigenvalue weighted by Crippen LogP contribution is 2.14. The number of carboxylic acid groups (broad SMARTS) is 1. The van der Waals surface area contributed by atoms with E-state index in [0.29, 0.717) is 5.69 Å². The average Bonchev–Trinajstić information content (AvgIpc) is 2.17. The number of aromatic carboxylic acids is 1. The van der Waals surface area contributed by atoms with Crippen molar-refractivity contribution in [2.75, 3.05) is 12.1 Å². The molecule has 0 unspecified atom stereocenters. The molecule has 0 saturated carbocycles. The molecular weight excluding hydrogens is 222 g/mol. The molecule has 0 aliphatic carbocycles. The Morgan fingerprint density at radius 1 is 1.60 bits per heavy atom. The molecule has 0 heterocycles. The summed E-state index contributed by atoms with van der Waals surface area (Å²) in [6.07, 6.45) is 0. The van der Waals surface area contributed by atoms with E-state index in [4.69, 9.17) is 5.11 Å². The van der Waals surface area contributed by atoms with Crippen LogP contribution in [0.25, 0.3) is 0 Å². The molecule has 0 aliphatic rings. The maximum absolute atomic E-state index is 10.6. The van der Waals surface area contributed by atoms with Gasteiger partial charge in [0.1, 0.15) is 0 Å². The van der Waals surface area contributed by atoms with E-state index in [2.05, 4.69) is 10.4 Å². The Morgan fingerprint density at radius 3 is 2.80 bits per heavy atom. The van der Waals surface area contributed by atoms with Crippen molar-refractivity contribution in [1.29, 1.82) is 0 Å². The molecule has 0 spiro atoms. The van der Waals surface area contributed by atoms with Gasteiger partial charge in [-0.2, -0.15) is 4.28 Å². The number of anilines is 1. The van der Waals surface area contributed by atoms with Crippen LogP contribution >= 0.6 is 0 Å². The Balaban J connectivity index is 2.94. The van der Waals surface area contributed by atoms with Gasteiger partial charge in [0.25, 0.3) is 11.0 Å². The molecule has 0 fully saturated rings. The van der Waals surface area contributed by atoms with E-state index in [1.165, 1.54) is 25.2 Å². The van der Waals surface area contributed by atoms with Gasteiger partial charge in [-0.25, -0.2) is 18.3 Å². The Kier molecular flexibility index (Phi) is 3.64. The number of hydrogen-bond acceptors (Lipinski definition) is 5. The van der Waals surface area contributed by atoms with Crippen molar-refractivity contribution in [1.82, 2.24) is 0 Å². The summed E-state index contributed by atoms with van der Waals surface area (Å²) in [6, 6.07) is 6.58. The van der Waals surface area contributed by atoms with Crippen molar-refractivity contribution in [3.8, 4) is 0 Å². The number of benzene rings is 1. The van der Waals surface area contributed by atoms with Crippen molar-refractivity contribution in [2.45, 2.75) is 0 Å². The maximum atomic E-state index is 10.6. The summed E-state index contributed by atoms with van der Waals surface area (Å²) in [7, 11) is -1.67. The van der Waals surface area contributed by atoms with Gasteiger partial charge in [0.05, 0.1) is 11.3 Å². The van der Waals surface area contributed by atoms with Crippen LogP contribution in [0, 0.1) is 6.07 Å². The van der Waals surface area contributed by atoms with Gasteiger partial charge >= 0.3 is 5.97 Å². The molecule has 0 bridgehead atoms. The molecule has 0 aromatic heterocycles. The molecule has 0 saturated heterocycles. The molecule has 1 radical (unpaired) electrons. The first-order valence-electron chi connectivity index (χ1n) is 3.82. The minimum Gasteiger partial charge on any atom is -0.478 e. The third-order valence-electron chi connectivity index (χ3n) is 1.57. The average molecular weight is 230 g/mol. The lowest BCUT2D eigenvalue weighted by atomic mass is 10.2. The van der Waals surface area contributed by atoms with Crippen LogP contribution in [-0.4, -0.2) is 26.5 Å². The molecular formula is C8H8NO5S. The smallest absolute Gasteiger partial charge is 0.336 e. The molecule has 0 aliphatic heterocycles. The monoisotopic (exact) mass is 230 g/mol. The summed E-state index contributed by atoms with van der Waals surface area (Å²) >= 11 is 0. The van der Waals surface area contributed by atoms with Crippen LogP contribution in [0.5, 0.6) is 0 Å². The van der Waals surface area contributed by atoms with E-state index in [0.717, 1.165) is 5.06 Å². The fraction of sp³-hybridized carbons (Fsp3) is 0.125. The number of rotatable bonds is 4. The number of hydrogen-bond donors (Lipinski definition) is 2. The van der Waals surface area contributed by atoms with Crippen LogP contribution in [0.15, 0.2) is 18.2 Å². The second kappa shape index (κ2) is 4.76. The van der Waals surface area contributed by atoms with Gasteiger partial charge in [-0.3, -0.25) is 0 Å². The van der Waals surface area contributed by atoms with Gasteiger partial charge in [0.2, 0.25) is 0 Å². The third kappa shape index (κ3) is 3.22. The topological polar surface area (TPSA) is 83.9 Å². The standard InChI is InChI=1S/C8H8NO5S/c1-9(14-15(12)13)7-4-2-3-6(5-7)8(10)11/h2,4-5,15H,1H3,(H,10,11). The van der Waals surface area contributed by atoms with Gasteiger partial charge in [0.15, 0.2) is 0 Å². The maximum Gasteiger partial charge on any atom is 0.336 e. The van der Waals surface area contributed by atoms with Gasteiger partial charge in [-0.05, 0) is 18.2 Å². The van der Waals surface area contributed by atoms with Crippen LogP contribution in [0.3, 0.4) is 0 Å². The number of nitrogens with zero attached hydrogens (tertiary/aromatic N) is 1. The first-order chi connectivity index (χ1) is 7.00. The van der Waals surface area contributed by atoms with Crippen LogP contribution in [0.4, 0.5) is 5.69 Å². The van der Waals surface area contributed by atoms with Crippen LogP contribution < -0.4 is 5.06 Å². The van der Waals surface area contributed by atoms with Crippen molar-refractivity contribution in [3.05, 3.63) is 29.8 Å². The number of carbonyl (C=O) groups is 1. The zero-order valence-corrected chi connectivity index (χ0v) is 8.60. The largest absolute Gasteiger partial charge is 0.478 e. The summed E-state index contributed by atoms with van der Waals surface area (Å²) in [5.74, 6) is -1.14. The second-order valence-electron chi connectivity index (χ2n) is 2.57. The molecule has 1 aromatic carbocycles. The first-order valence-corrected chi connectivity index (χ1v) is 4.91. The van der Waals surface area contributed by atoms with Crippen LogP contribution in [-0.2, 0) is 15.3 Å². The predicted molar refractivity (Wildman–Crippen MR) is 52.0 cm³/mol. The van der Waals surface area contributed by atoms with E-state index in [-0.39, 0.29) is 5.56 Å². The molecule has 1 N–H and O–H groups in total. The van der Waals surface area contributed by atoms with E-state index in [1.54, 1.807) is 0 Å². The number of hydroxylamine groups is 1. The highest BCUT2D eigenvalue weighted by Gasteiger charge is 2.07. The SMILES string of the molecule is CN(O[SH](=O)=O)c1cc[c]c(C(=O)O)c1. The van der Waals surface area contributed by atoms with Gasteiger partial charge in [-0.15, -0.1) is 0 Å². The fourth-order valence-electron chi connectivity index (χ4n) is 0.921. The van der Waals surface area contributed by atoms with Gasteiger partial charge in [0, 0.05) is 7.05 Å². The summed E-state index contributed by atoms with van der Waals surface area (Å²) in [5, 5.41) is 9.61. The van der Waals surface area contributed by atoms with E-state index >= 15 is 0 Å². The molecule has 0 amide bonds. The molecule has 15 heavy (non-hydrogen) atoms. The normalized spacial score (nSPS) is 10.3. The van der Waals surface area contributed by atoms with Crippen molar-refractivity contribution < 1.29 is 22.6 Å².